The van der Waals surface area contributed by atoms with Gasteiger partial charge in [0.05, 0.1) is 17.6 Å². The topological polar surface area (TPSA) is 46.9 Å². The molecule has 4 heteroatoms. The summed E-state index contributed by atoms with van der Waals surface area (Å²) in [5.41, 5.74) is 2.17. The Morgan fingerprint density at radius 3 is 2.59 bits per heavy atom. The molecule has 0 radical (unpaired) electrons. The van der Waals surface area contributed by atoms with E-state index >= 15 is 0 Å². The lowest BCUT2D eigenvalue weighted by Gasteiger charge is -2.09. The summed E-state index contributed by atoms with van der Waals surface area (Å²) in [4.78, 5) is 15.2. The average molecular weight is 301 g/mol. The maximum atomic E-state index is 10.5. The van der Waals surface area contributed by atoms with Crippen LogP contribution >= 0.6 is 0 Å². The molecule has 0 aliphatic carbocycles. The van der Waals surface area contributed by atoms with Gasteiger partial charge in [-0.15, -0.1) is 0 Å². The first-order valence-corrected chi connectivity index (χ1v) is 8.48. The molecule has 0 unspecified atom stereocenters. The van der Waals surface area contributed by atoms with Gasteiger partial charge in [-0.1, -0.05) is 57.6 Å². The molecule has 1 aromatic carbocycles. The smallest absolute Gasteiger partial charge is 0.207 e. The van der Waals surface area contributed by atoms with Crippen LogP contribution in [0.4, 0.5) is 0 Å². The number of rotatable bonds is 11. The molecule has 4 nitrogen and oxygen atoms in total. The molecular formula is C18H27N3O. The number of unbranched alkanes of at least 4 members (excludes halogenated alkanes) is 6. The Morgan fingerprint density at radius 1 is 1.09 bits per heavy atom. The Hall–Kier alpha value is -1.84. The zero-order chi connectivity index (χ0) is 15.6. The Balaban J connectivity index is 1.91. The molecule has 0 aliphatic rings. The number of carbonyl (C=O) groups excluding carboxylic acids is 1. The first-order valence-electron chi connectivity index (χ1n) is 8.48. The van der Waals surface area contributed by atoms with Crippen LogP contribution in [-0.2, 0) is 17.9 Å². The molecular weight excluding hydrogens is 274 g/mol. The highest BCUT2D eigenvalue weighted by Crippen LogP contribution is 2.17. The number of aryl methyl sites for hydroxylation is 1. The minimum atomic E-state index is 0.495. The Bertz CT molecular complexity index is 577. The first-order chi connectivity index (χ1) is 10.9. The van der Waals surface area contributed by atoms with Gasteiger partial charge in [-0.2, -0.15) is 0 Å². The number of benzene rings is 1. The number of imidazole rings is 1. The van der Waals surface area contributed by atoms with Gasteiger partial charge in [-0.25, -0.2) is 4.98 Å². The van der Waals surface area contributed by atoms with Crippen LogP contribution in [0.15, 0.2) is 24.3 Å². The number of nitrogens with one attached hydrogen (secondary N) is 1. The number of fused-ring (bicyclic) bond motifs is 1. The van der Waals surface area contributed by atoms with Crippen molar-refractivity contribution in [2.24, 2.45) is 0 Å². The van der Waals surface area contributed by atoms with Crippen LogP contribution in [0.1, 0.15) is 57.7 Å². The highest BCUT2D eigenvalue weighted by molar-refractivity contribution is 5.75. The van der Waals surface area contributed by atoms with Gasteiger partial charge in [-0.3, -0.25) is 4.79 Å². The summed E-state index contributed by atoms with van der Waals surface area (Å²) in [6.07, 6.45) is 9.84. The number of amides is 1. The summed E-state index contributed by atoms with van der Waals surface area (Å²) in [5.74, 6) is 0.944. The van der Waals surface area contributed by atoms with Gasteiger partial charge >= 0.3 is 0 Å². The van der Waals surface area contributed by atoms with Gasteiger partial charge in [0.25, 0.3) is 0 Å². The lowest BCUT2D eigenvalue weighted by atomic mass is 10.1. The van der Waals surface area contributed by atoms with E-state index in [2.05, 4.69) is 27.9 Å². The van der Waals surface area contributed by atoms with E-state index in [1.165, 1.54) is 44.9 Å². The van der Waals surface area contributed by atoms with Crippen molar-refractivity contribution in [2.45, 2.75) is 65.0 Å². The summed E-state index contributed by atoms with van der Waals surface area (Å²) < 4.78 is 2.25. The van der Waals surface area contributed by atoms with Crippen LogP contribution in [-0.4, -0.2) is 16.0 Å². The third-order valence-corrected chi connectivity index (χ3v) is 4.06. The molecule has 120 valence electrons. The largest absolute Gasteiger partial charge is 0.351 e. The Labute approximate surface area is 132 Å². The van der Waals surface area contributed by atoms with E-state index in [0.29, 0.717) is 6.54 Å². The summed E-state index contributed by atoms with van der Waals surface area (Å²) in [7, 11) is 0. The second-order valence-electron chi connectivity index (χ2n) is 5.79. The number of para-hydroxylation sites is 2. The zero-order valence-corrected chi connectivity index (χ0v) is 13.6. The van der Waals surface area contributed by atoms with E-state index in [0.717, 1.165) is 29.8 Å². The lowest BCUT2D eigenvalue weighted by molar-refractivity contribution is -0.109. The molecule has 0 bridgehead atoms. The molecule has 2 rings (SSSR count). The molecule has 1 heterocycles. The van der Waals surface area contributed by atoms with Crippen LogP contribution in [0, 0.1) is 0 Å². The SMILES string of the molecule is CCCCCCCCCn1c(CNC=O)nc2ccccc21. The van der Waals surface area contributed by atoms with Crippen LogP contribution in [0.2, 0.25) is 0 Å². The molecule has 0 saturated heterocycles. The molecule has 0 saturated carbocycles. The van der Waals surface area contributed by atoms with Crippen LogP contribution in [0.25, 0.3) is 11.0 Å². The average Bonchev–Trinajstić information content (AvgIpc) is 2.90. The second-order valence-corrected chi connectivity index (χ2v) is 5.79. The normalized spacial score (nSPS) is 11.0. The summed E-state index contributed by atoms with van der Waals surface area (Å²) in [6, 6.07) is 8.18. The quantitative estimate of drug-likeness (QED) is 0.503. The third-order valence-electron chi connectivity index (χ3n) is 4.06. The molecule has 2 aromatic rings. The van der Waals surface area contributed by atoms with Crippen molar-refractivity contribution in [1.82, 2.24) is 14.9 Å². The predicted octanol–water partition coefficient (Wildman–Crippen LogP) is 4.03. The highest BCUT2D eigenvalue weighted by Gasteiger charge is 2.09. The number of hydrogen-bond acceptors (Lipinski definition) is 2. The number of nitrogens with zero attached hydrogens (tertiary/aromatic N) is 2. The Morgan fingerprint density at radius 2 is 1.82 bits per heavy atom. The minimum absolute atomic E-state index is 0.495. The zero-order valence-electron chi connectivity index (χ0n) is 13.6. The van der Waals surface area contributed by atoms with Crippen molar-refractivity contribution < 1.29 is 4.79 Å². The molecule has 0 spiro atoms. The van der Waals surface area contributed by atoms with Crippen LogP contribution in [0.3, 0.4) is 0 Å². The van der Waals surface area contributed by atoms with E-state index in [9.17, 15) is 4.79 Å². The number of carbonyl (C=O) groups is 1. The van der Waals surface area contributed by atoms with Gasteiger partial charge in [0.1, 0.15) is 5.82 Å². The molecule has 0 atom stereocenters. The van der Waals surface area contributed by atoms with E-state index in [1.54, 1.807) is 0 Å². The minimum Gasteiger partial charge on any atom is -0.351 e. The summed E-state index contributed by atoms with van der Waals surface area (Å²) in [6.45, 7) is 3.72. The standard InChI is InChI=1S/C18H27N3O/c1-2-3-4-5-6-7-10-13-21-17-12-9-8-11-16(17)20-18(21)14-19-15-22/h8-9,11-12,15H,2-7,10,13-14H2,1H3,(H,19,22). The van der Waals surface area contributed by atoms with Crippen molar-refractivity contribution in [2.75, 3.05) is 0 Å². The van der Waals surface area contributed by atoms with E-state index in [4.69, 9.17) is 0 Å². The van der Waals surface area contributed by atoms with Gasteiger partial charge in [0.15, 0.2) is 0 Å². The van der Waals surface area contributed by atoms with Gasteiger partial charge < -0.3 is 9.88 Å². The number of hydrogen-bond donors (Lipinski definition) is 1. The lowest BCUT2D eigenvalue weighted by Crippen LogP contribution is -2.15. The maximum absolute atomic E-state index is 10.5. The maximum Gasteiger partial charge on any atom is 0.207 e. The molecule has 0 aliphatic heterocycles. The molecule has 1 N–H and O–H groups in total. The molecule has 22 heavy (non-hydrogen) atoms. The Kier molecular flexibility index (Phi) is 6.94. The first kappa shape index (κ1) is 16.5. The molecule has 0 fully saturated rings. The van der Waals surface area contributed by atoms with E-state index in [-0.39, 0.29) is 0 Å². The molecule has 1 aromatic heterocycles. The van der Waals surface area contributed by atoms with Crippen molar-refractivity contribution in [3.05, 3.63) is 30.1 Å². The van der Waals surface area contributed by atoms with Crippen molar-refractivity contribution in [3.63, 3.8) is 0 Å². The van der Waals surface area contributed by atoms with E-state index < -0.39 is 0 Å². The molecule has 1 amide bonds. The number of aromatic nitrogens is 2. The monoisotopic (exact) mass is 301 g/mol. The fraction of sp³-hybridized carbons (Fsp3) is 0.556. The van der Waals surface area contributed by atoms with Crippen molar-refractivity contribution in [3.8, 4) is 0 Å². The predicted molar refractivity (Wildman–Crippen MR) is 90.6 cm³/mol. The summed E-state index contributed by atoms with van der Waals surface area (Å²) >= 11 is 0. The fourth-order valence-electron chi connectivity index (χ4n) is 2.87. The third kappa shape index (κ3) is 4.58. The van der Waals surface area contributed by atoms with Gasteiger partial charge in [0, 0.05) is 6.54 Å². The van der Waals surface area contributed by atoms with Gasteiger partial charge in [0.2, 0.25) is 6.41 Å². The summed E-state index contributed by atoms with van der Waals surface area (Å²) in [5, 5.41) is 2.73. The van der Waals surface area contributed by atoms with Crippen LogP contribution < -0.4 is 5.32 Å². The highest BCUT2D eigenvalue weighted by atomic mass is 16.1. The fourth-order valence-corrected chi connectivity index (χ4v) is 2.87. The van der Waals surface area contributed by atoms with E-state index in [1.807, 2.05) is 18.2 Å². The van der Waals surface area contributed by atoms with Crippen molar-refractivity contribution in [1.29, 1.82) is 0 Å². The second kappa shape index (κ2) is 9.23. The van der Waals surface area contributed by atoms with Crippen LogP contribution in [0.5, 0.6) is 0 Å². The van der Waals surface area contributed by atoms with Gasteiger partial charge in [-0.05, 0) is 18.6 Å². The van der Waals surface area contributed by atoms with Crippen molar-refractivity contribution >= 4 is 17.4 Å².